The lowest BCUT2D eigenvalue weighted by Crippen LogP contribution is -2.71. The zero-order valence-corrected chi connectivity index (χ0v) is 30.8. The molecule has 0 heterocycles. The first-order valence-corrected chi connectivity index (χ1v) is 19.7. The molecule has 4 fully saturated rings. The molecule has 7 nitrogen and oxygen atoms in total. The van der Waals surface area contributed by atoms with E-state index in [2.05, 4.69) is 50.6 Å². The minimum atomic E-state index is -0.854. The summed E-state index contributed by atoms with van der Waals surface area (Å²) in [6, 6.07) is 0.0431. The molecule has 0 bridgehead atoms. The Hall–Kier alpha value is -0.730. The maximum Gasteiger partial charge on any atom is 0.302 e. The van der Waals surface area contributed by atoms with Crippen LogP contribution in [0.4, 0.5) is 0 Å². The first kappa shape index (κ1) is 38.1. The minimum Gasteiger partial charge on any atom is -0.462 e. The van der Waals surface area contributed by atoms with E-state index < -0.39 is 5.60 Å². The number of unbranched alkanes of at least 4 members (excludes halogenated alkanes) is 1. The van der Waals surface area contributed by atoms with Gasteiger partial charge in [-0.15, -0.1) is 0 Å². The molecule has 0 aromatic heterocycles. The van der Waals surface area contributed by atoms with E-state index in [0.29, 0.717) is 23.7 Å². The summed E-state index contributed by atoms with van der Waals surface area (Å²) in [7, 11) is 0. The number of carbonyl (C=O) groups excluding carboxylic acids is 1. The average Bonchev–Trinajstić information content (AvgIpc) is 3.35. The largest absolute Gasteiger partial charge is 0.462 e. The van der Waals surface area contributed by atoms with Crippen LogP contribution >= 0.6 is 0 Å². The smallest absolute Gasteiger partial charge is 0.302 e. The molecule has 7 heteroatoms. The molecule has 0 aromatic carbocycles. The van der Waals surface area contributed by atoms with Crippen LogP contribution in [-0.4, -0.2) is 68.1 Å². The molecule has 0 radical (unpaired) electrons. The van der Waals surface area contributed by atoms with Gasteiger partial charge in [0, 0.05) is 24.8 Å². The van der Waals surface area contributed by atoms with Crippen molar-refractivity contribution in [2.45, 2.75) is 156 Å². The van der Waals surface area contributed by atoms with Crippen molar-refractivity contribution in [1.82, 2.24) is 16.0 Å². The molecular formula is C39H74N4O3. The molecule has 0 amide bonds. The Morgan fingerprint density at radius 3 is 2.24 bits per heavy atom. The van der Waals surface area contributed by atoms with Crippen molar-refractivity contribution in [1.29, 1.82) is 0 Å². The summed E-state index contributed by atoms with van der Waals surface area (Å²) in [6.07, 6.45) is 17.1. The average molecular weight is 647 g/mol. The van der Waals surface area contributed by atoms with Crippen molar-refractivity contribution >= 4 is 5.97 Å². The van der Waals surface area contributed by atoms with Gasteiger partial charge in [0.1, 0.15) is 6.10 Å². The quantitative estimate of drug-likeness (QED) is 0.0814. The second-order valence-electron chi connectivity index (χ2n) is 17.2. The molecule has 46 heavy (non-hydrogen) atoms. The fraction of sp³-hybridized carbons (Fsp3) is 0.974. The van der Waals surface area contributed by atoms with Gasteiger partial charge < -0.3 is 31.5 Å². The molecule has 0 aromatic rings. The number of aliphatic hydroxyl groups is 1. The third kappa shape index (κ3) is 8.70. The molecule has 4 aliphatic carbocycles. The van der Waals surface area contributed by atoms with Gasteiger partial charge in [0.25, 0.3) is 0 Å². The highest BCUT2D eigenvalue weighted by Gasteiger charge is 2.67. The van der Waals surface area contributed by atoms with Crippen molar-refractivity contribution in [2.24, 2.45) is 52.1 Å². The molecule has 6 N–H and O–H groups in total. The number of carbonyl (C=O) groups is 1. The number of nitrogens with two attached hydrogens (primary N) is 1. The first-order valence-electron chi connectivity index (χ1n) is 19.7. The number of hydrogen-bond donors (Lipinski definition) is 5. The lowest BCUT2D eigenvalue weighted by Gasteiger charge is -2.66. The number of nitrogens with one attached hydrogen (secondary N) is 3. The molecule has 268 valence electrons. The van der Waals surface area contributed by atoms with Gasteiger partial charge in [0.15, 0.2) is 0 Å². The Kier molecular flexibility index (Phi) is 14.3. The van der Waals surface area contributed by atoms with E-state index in [4.69, 9.17) is 10.5 Å². The second-order valence-corrected chi connectivity index (χ2v) is 17.2. The first-order chi connectivity index (χ1) is 22.0. The van der Waals surface area contributed by atoms with E-state index in [1.807, 2.05) is 0 Å². The van der Waals surface area contributed by atoms with Gasteiger partial charge in [-0.2, -0.15) is 0 Å². The Balaban J connectivity index is 1.39. The highest BCUT2D eigenvalue weighted by atomic mass is 16.5. The molecule has 0 aliphatic heterocycles. The zero-order chi connectivity index (χ0) is 33.4. The summed E-state index contributed by atoms with van der Waals surface area (Å²) < 4.78 is 5.78. The lowest BCUT2D eigenvalue weighted by atomic mass is 9.42. The predicted octanol–water partition coefficient (Wildman–Crippen LogP) is 6.42. The van der Waals surface area contributed by atoms with Gasteiger partial charge in [0.05, 0.1) is 5.60 Å². The lowest BCUT2D eigenvalue weighted by molar-refractivity contribution is -0.237. The van der Waals surface area contributed by atoms with Crippen LogP contribution in [0.1, 0.15) is 138 Å². The van der Waals surface area contributed by atoms with Crippen LogP contribution in [-0.2, 0) is 9.53 Å². The van der Waals surface area contributed by atoms with E-state index in [9.17, 15) is 9.90 Å². The standard InChI is InChI=1S/C39H74N4O3/c1-28(2)12-9-13-29(3)33-14-15-34-32-26-36(43-25-11-24-42-22-8-7-21-41-23-10-20-40)39(45)27-31(46-30(4)44)16-19-38(39,6)35(32)17-18-37(33,34)5/h28-29,31-36,41-43,45H,7-27,40H2,1-6H3/t29-,31?,32+,33-,34+,35+,36?,37-,38-,39?/m1/s1. The van der Waals surface area contributed by atoms with Crippen molar-refractivity contribution in [2.75, 3.05) is 39.3 Å². The van der Waals surface area contributed by atoms with Crippen LogP contribution in [0.5, 0.6) is 0 Å². The number of rotatable bonds is 19. The minimum absolute atomic E-state index is 0.0431. The van der Waals surface area contributed by atoms with Crippen molar-refractivity contribution in [3.63, 3.8) is 0 Å². The van der Waals surface area contributed by atoms with Crippen molar-refractivity contribution in [3.05, 3.63) is 0 Å². The van der Waals surface area contributed by atoms with Crippen LogP contribution in [0.15, 0.2) is 0 Å². The summed E-state index contributed by atoms with van der Waals surface area (Å²) >= 11 is 0. The molecular weight excluding hydrogens is 572 g/mol. The van der Waals surface area contributed by atoms with E-state index in [-0.39, 0.29) is 23.5 Å². The van der Waals surface area contributed by atoms with E-state index in [1.54, 1.807) is 0 Å². The van der Waals surface area contributed by atoms with Crippen molar-refractivity contribution < 1.29 is 14.6 Å². The maximum absolute atomic E-state index is 12.8. The van der Waals surface area contributed by atoms with Gasteiger partial charge in [0.2, 0.25) is 0 Å². The van der Waals surface area contributed by atoms with Gasteiger partial charge >= 0.3 is 5.97 Å². The Labute approximate surface area is 283 Å². The van der Waals surface area contributed by atoms with Gasteiger partial charge in [-0.1, -0.05) is 53.9 Å². The SMILES string of the molecule is CC(=O)OC1CC[C@]2(C)[C@H]3CC[C@]4(C)[C@@H]([C@H](C)CCCC(C)C)CC[C@H]4[C@@H]3CC(NCCCNCCCCNCCCN)C2(O)C1. The third-order valence-corrected chi connectivity index (χ3v) is 13.8. The Morgan fingerprint density at radius 2 is 1.57 bits per heavy atom. The van der Waals surface area contributed by atoms with Crippen LogP contribution < -0.4 is 21.7 Å². The molecule has 4 rings (SSSR count). The zero-order valence-electron chi connectivity index (χ0n) is 30.8. The summed E-state index contributed by atoms with van der Waals surface area (Å²) in [4.78, 5) is 12.0. The number of fused-ring (bicyclic) bond motifs is 5. The highest BCUT2D eigenvalue weighted by Crippen LogP contribution is 2.69. The second kappa shape index (κ2) is 17.3. The number of esters is 1. The molecule has 0 saturated heterocycles. The van der Waals surface area contributed by atoms with Crippen molar-refractivity contribution in [3.8, 4) is 0 Å². The fourth-order valence-corrected chi connectivity index (χ4v) is 11.4. The summed E-state index contributed by atoms with van der Waals surface area (Å²) in [5.41, 5.74) is 4.99. The van der Waals surface area contributed by atoms with E-state index in [0.717, 1.165) is 95.0 Å². The molecule has 10 atom stereocenters. The number of hydrogen-bond acceptors (Lipinski definition) is 7. The molecule has 0 spiro atoms. The van der Waals surface area contributed by atoms with Crippen LogP contribution in [0.25, 0.3) is 0 Å². The third-order valence-electron chi connectivity index (χ3n) is 13.8. The van der Waals surface area contributed by atoms with Gasteiger partial charge in [-0.3, -0.25) is 4.79 Å². The van der Waals surface area contributed by atoms with E-state index in [1.165, 1.54) is 64.7 Å². The van der Waals surface area contributed by atoms with Gasteiger partial charge in [-0.25, -0.2) is 0 Å². The van der Waals surface area contributed by atoms with E-state index >= 15 is 0 Å². The maximum atomic E-state index is 12.8. The Bertz CT molecular complexity index is 933. The highest BCUT2D eigenvalue weighted by molar-refractivity contribution is 5.66. The fourth-order valence-electron chi connectivity index (χ4n) is 11.4. The predicted molar refractivity (Wildman–Crippen MR) is 191 cm³/mol. The van der Waals surface area contributed by atoms with Crippen LogP contribution in [0.3, 0.4) is 0 Å². The van der Waals surface area contributed by atoms with Crippen LogP contribution in [0.2, 0.25) is 0 Å². The molecule has 4 aliphatic rings. The monoisotopic (exact) mass is 647 g/mol. The summed E-state index contributed by atoms with van der Waals surface area (Å²) in [6.45, 7) is 19.7. The molecule has 4 saturated carbocycles. The van der Waals surface area contributed by atoms with Crippen LogP contribution in [0, 0.1) is 46.3 Å². The summed E-state index contributed by atoms with van der Waals surface area (Å²) in [5.74, 6) is 4.18. The molecule has 3 unspecified atom stereocenters. The van der Waals surface area contributed by atoms with Gasteiger partial charge in [-0.05, 0) is 151 Å². The summed E-state index contributed by atoms with van der Waals surface area (Å²) in [5, 5.41) is 23.9. The topological polar surface area (TPSA) is 109 Å². The number of ether oxygens (including phenoxy) is 1. The Morgan fingerprint density at radius 1 is 0.870 bits per heavy atom. The normalized spacial score (nSPS) is 37.8.